The van der Waals surface area contributed by atoms with Gasteiger partial charge in [-0.15, -0.1) is 0 Å². The molecule has 0 saturated heterocycles. The zero-order chi connectivity index (χ0) is 15.3. The zero-order valence-electron chi connectivity index (χ0n) is 10.9. The van der Waals surface area contributed by atoms with Crippen LogP contribution in [0.5, 0.6) is 5.75 Å². The van der Waals surface area contributed by atoms with E-state index in [0.29, 0.717) is 12.6 Å². The fourth-order valence-electron chi connectivity index (χ4n) is 1.49. The molecule has 0 spiro atoms. The minimum atomic E-state index is -4.66. The second-order valence-electron chi connectivity index (χ2n) is 3.98. The molecule has 108 valence electrons. The lowest BCUT2D eigenvalue weighted by Gasteiger charge is -2.18. The third kappa shape index (κ3) is 3.88. The first-order valence-electron chi connectivity index (χ1n) is 5.85. The number of nitrogens with one attached hydrogen (secondary N) is 1. The van der Waals surface area contributed by atoms with E-state index in [1.165, 1.54) is 13.0 Å². The highest BCUT2D eigenvalue weighted by molar-refractivity contribution is 5.80. The van der Waals surface area contributed by atoms with Crippen LogP contribution in [0.4, 0.5) is 13.2 Å². The van der Waals surface area contributed by atoms with Crippen molar-refractivity contribution in [2.45, 2.75) is 26.1 Å². The van der Waals surface area contributed by atoms with Gasteiger partial charge in [0.1, 0.15) is 5.75 Å². The molecular formula is C13H13F3N2O2. The summed E-state index contributed by atoms with van der Waals surface area (Å²) in [7, 11) is 0. The van der Waals surface area contributed by atoms with Gasteiger partial charge in [-0.1, -0.05) is 0 Å². The van der Waals surface area contributed by atoms with Crippen molar-refractivity contribution in [2.24, 2.45) is 0 Å². The molecule has 1 atom stereocenters. The fraction of sp³-hybridized carbons (Fsp3) is 0.385. The van der Waals surface area contributed by atoms with E-state index in [0.717, 1.165) is 6.07 Å². The molecule has 1 rings (SSSR count). The van der Waals surface area contributed by atoms with Gasteiger partial charge >= 0.3 is 6.18 Å². The summed E-state index contributed by atoms with van der Waals surface area (Å²) < 4.78 is 43.7. The van der Waals surface area contributed by atoms with Crippen LogP contribution in [0.1, 0.15) is 25.0 Å². The maximum absolute atomic E-state index is 12.9. The number of nitriles is 1. The first kappa shape index (κ1) is 15.8. The summed E-state index contributed by atoms with van der Waals surface area (Å²) in [4.78, 5) is 11.5. The van der Waals surface area contributed by atoms with Crippen LogP contribution in [0, 0.1) is 11.3 Å². The number of alkyl halides is 3. The number of carbonyl (C=O) groups is 1. The quantitative estimate of drug-likeness (QED) is 0.925. The number of hydrogen-bond donors (Lipinski definition) is 1. The molecule has 20 heavy (non-hydrogen) atoms. The molecule has 0 heterocycles. The highest BCUT2D eigenvalue weighted by Gasteiger charge is 2.35. The van der Waals surface area contributed by atoms with Crippen molar-refractivity contribution in [1.29, 1.82) is 5.26 Å². The number of amides is 1. The van der Waals surface area contributed by atoms with Gasteiger partial charge in [0.25, 0.3) is 5.91 Å². The van der Waals surface area contributed by atoms with Gasteiger partial charge in [0.05, 0.1) is 17.2 Å². The Bertz CT molecular complexity index is 535. The number of benzene rings is 1. The van der Waals surface area contributed by atoms with Crippen LogP contribution in [0.15, 0.2) is 18.2 Å². The van der Waals surface area contributed by atoms with Crippen LogP contribution in [0.3, 0.4) is 0 Å². The van der Waals surface area contributed by atoms with E-state index in [1.807, 2.05) is 0 Å². The standard InChI is InChI=1S/C13H13F3N2O2/c1-3-18-12(19)8(2)20-11-5-4-9(7-17)6-10(11)13(14,15)16/h4-6,8H,3H2,1-2H3,(H,18,19). The molecule has 0 aliphatic rings. The Hall–Kier alpha value is -2.23. The molecule has 1 aromatic carbocycles. The molecule has 0 aromatic heterocycles. The molecular weight excluding hydrogens is 273 g/mol. The summed E-state index contributed by atoms with van der Waals surface area (Å²) in [5.74, 6) is -0.986. The molecule has 1 amide bonds. The highest BCUT2D eigenvalue weighted by atomic mass is 19.4. The molecule has 0 radical (unpaired) electrons. The van der Waals surface area contributed by atoms with Gasteiger partial charge < -0.3 is 10.1 Å². The molecule has 0 saturated carbocycles. The third-order valence-corrected chi connectivity index (χ3v) is 2.44. The summed E-state index contributed by atoms with van der Waals surface area (Å²) in [5, 5.41) is 11.1. The van der Waals surface area contributed by atoms with Crippen molar-refractivity contribution in [2.75, 3.05) is 6.54 Å². The van der Waals surface area contributed by atoms with Gasteiger partial charge in [0.2, 0.25) is 0 Å². The van der Waals surface area contributed by atoms with Crippen LogP contribution in [0.25, 0.3) is 0 Å². The molecule has 0 aliphatic heterocycles. The highest BCUT2D eigenvalue weighted by Crippen LogP contribution is 2.37. The molecule has 7 heteroatoms. The number of rotatable bonds is 4. The average molecular weight is 286 g/mol. The van der Waals surface area contributed by atoms with Crippen molar-refractivity contribution < 1.29 is 22.7 Å². The zero-order valence-corrected chi connectivity index (χ0v) is 10.9. The summed E-state index contributed by atoms with van der Waals surface area (Å²) >= 11 is 0. The molecule has 0 bridgehead atoms. The lowest BCUT2D eigenvalue weighted by atomic mass is 10.1. The first-order valence-corrected chi connectivity index (χ1v) is 5.85. The fourth-order valence-corrected chi connectivity index (χ4v) is 1.49. The predicted molar refractivity (Wildman–Crippen MR) is 64.9 cm³/mol. The van der Waals surface area contributed by atoms with Crippen molar-refractivity contribution in [3.63, 3.8) is 0 Å². The maximum Gasteiger partial charge on any atom is 0.420 e. The van der Waals surface area contributed by atoms with Crippen molar-refractivity contribution in [3.05, 3.63) is 29.3 Å². The summed E-state index contributed by atoms with van der Waals surface area (Å²) in [5.41, 5.74) is -1.21. The lowest BCUT2D eigenvalue weighted by molar-refractivity contribution is -0.140. The first-order chi connectivity index (χ1) is 9.29. The number of halogens is 3. The normalized spacial score (nSPS) is 12.4. The van der Waals surface area contributed by atoms with Gasteiger partial charge in [-0.2, -0.15) is 18.4 Å². The van der Waals surface area contributed by atoms with Crippen molar-refractivity contribution in [3.8, 4) is 11.8 Å². The van der Waals surface area contributed by atoms with E-state index in [-0.39, 0.29) is 5.56 Å². The van der Waals surface area contributed by atoms with E-state index in [1.54, 1.807) is 13.0 Å². The summed E-state index contributed by atoms with van der Waals surface area (Å²) in [6.07, 6.45) is -5.73. The Balaban J connectivity index is 3.07. The average Bonchev–Trinajstić information content (AvgIpc) is 2.38. The van der Waals surface area contributed by atoms with Gasteiger partial charge in [0.15, 0.2) is 6.10 Å². The topological polar surface area (TPSA) is 62.1 Å². The second-order valence-corrected chi connectivity index (χ2v) is 3.98. The number of hydrogen-bond acceptors (Lipinski definition) is 3. The van der Waals surface area contributed by atoms with Gasteiger partial charge in [-0.05, 0) is 32.0 Å². The lowest BCUT2D eigenvalue weighted by Crippen LogP contribution is -2.36. The SMILES string of the molecule is CCNC(=O)C(C)Oc1ccc(C#N)cc1C(F)(F)F. The molecule has 1 N–H and O–H groups in total. The Labute approximate surface area is 114 Å². The van der Waals surface area contributed by atoms with Crippen molar-refractivity contribution in [1.82, 2.24) is 5.32 Å². The van der Waals surface area contributed by atoms with Crippen LogP contribution in [-0.4, -0.2) is 18.6 Å². The summed E-state index contributed by atoms with van der Waals surface area (Å²) in [6.45, 7) is 3.39. The van der Waals surface area contributed by atoms with Gasteiger partial charge in [0, 0.05) is 6.54 Å². The van der Waals surface area contributed by atoms with Crippen LogP contribution in [-0.2, 0) is 11.0 Å². The third-order valence-electron chi connectivity index (χ3n) is 2.44. The number of carbonyl (C=O) groups excluding carboxylic acids is 1. The Morgan fingerprint density at radius 3 is 2.65 bits per heavy atom. The van der Waals surface area contributed by atoms with E-state index in [2.05, 4.69) is 5.32 Å². The monoisotopic (exact) mass is 286 g/mol. The minimum Gasteiger partial charge on any atom is -0.480 e. The van der Waals surface area contributed by atoms with Crippen LogP contribution >= 0.6 is 0 Å². The summed E-state index contributed by atoms with van der Waals surface area (Å²) in [6, 6.07) is 4.56. The van der Waals surface area contributed by atoms with E-state index >= 15 is 0 Å². The van der Waals surface area contributed by atoms with E-state index in [4.69, 9.17) is 10.00 Å². The van der Waals surface area contributed by atoms with Crippen LogP contribution in [0.2, 0.25) is 0 Å². The predicted octanol–water partition coefficient (Wildman–Crippen LogP) is 2.48. The molecule has 1 unspecified atom stereocenters. The molecule has 0 aliphatic carbocycles. The second kappa shape index (κ2) is 6.28. The molecule has 4 nitrogen and oxygen atoms in total. The van der Waals surface area contributed by atoms with Gasteiger partial charge in [-0.3, -0.25) is 4.79 Å². The largest absolute Gasteiger partial charge is 0.480 e. The Morgan fingerprint density at radius 1 is 1.50 bits per heavy atom. The van der Waals surface area contributed by atoms with E-state index < -0.39 is 29.5 Å². The van der Waals surface area contributed by atoms with Crippen LogP contribution < -0.4 is 10.1 Å². The Kier molecular flexibility index (Phi) is 4.97. The minimum absolute atomic E-state index is 0.129. The number of ether oxygens (including phenoxy) is 1. The maximum atomic E-state index is 12.9. The van der Waals surface area contributed by atoms with Gasteiger partial charge in [-0.25, -0.2) is 0 Å². The smallest absolute Gasteiger partial charge is 0.420 e. The molecule has 1 aromatic rings. The Morgan fingerprint density at radius 2 is 2.15 bits per heavy atom. The number of likely N-dealkylation sites (N-methyl/N-ethyl adjacent to an activating group) is 1. The number of nitrogens with zero attached hydrogens (tertiary/aromatic N) is 1. The van der Waals surface area contributed by atoms with Crippen molar-refractivity contribution >= 4 is 5.91 Å². The van der Waals surface area contributed by atoms with E-state index in [9.17, 15) is 18.0 Å². The molecule has 0 fully saturated rings.